The van der Waals surface area contributed by atoms with Gasteiger partial charge in [0.05, 0.1) is 12.6 Å². The highest BCUT2D eigenvalue weighted by atomic mass is 32.1. The Bertz CT molecular complexity index is 635. The molecule has 3 rings (SSSR count). The van der Waals surface area contributed by atoms with Crippen molar-refractivity contribution in [2.45, 2.75) is 51.4 Å². The molecule has 0 spiro atoms. The number of hydrogen-bond acceptors (Lipinski definition) is 4. The lowest BCUT2D eigenvalue weighted by molar-refractivity contribution is -0.137. The third-order valence-electron chi connectivity index (χ3n) is 4.05. The van der Waals surface area contributed by atoms with Crippen molar-refractivity contribution in [3.05, 3.63) is 52.0 Å². The van der Waals surface area contributed by atoms with E-state index in [1.165, 1.54) is 12.8 Å². The number of hydrogen-bond donors (Lipinski definition) is 1. The van der Waals surface area contributed by atoms with Crippen LogP contribution >= 0.6 is 11.3 Å². The molecule has 2 aromatic rings. The average molecular weight is 330 g/mol. The van der Waals surface area contributed by atoms with E-state index in [4.69, 9.17) is 4.74 Å². The molecule has 4 nitrogen and oxygen atoms in total. The van der Waals surface area contributed by atoms with Gasteiger partial charge in [0.15, 0.2) is 6.10 Å². The molecule has 0 unspecified atom stereocenters. The summed E-state index contributed by atoms with van der Waals surface area (Å²) in [5, 5.41) is 5.88. The fraction of sp³-hybridized carbons (Fsp3) is 0.444. The van der Waals surface area contributed by atoms with Crippen LogP contribution in [0.2, 0.25) is 0 Å². The van der Waals surface area contributed by atoms with Gasteiger partial charge in [0.1, 0.15) is 5.01 Å². The first-order valence-corrected chi connectivity index (χ1v) is 8.99. The molecule has 1 aromatic carbocycles. The number of ether oxygens (including phenoxy) is 1. The number of aromatic nitrogens is 1. The number of nitrogens with one attached hydrogen (secondary N) is 1. The standard InChI is InChI=1S/C18H22N2O2S/c1-13-12-23-16(20-13)11-19-18(21)17(14-7-3-2-4-8-14)22-15-9-5-6-10-15/h2-4,7-8,12,15,17H,5-6,9-11H2,1H3,(H,19,21)/t17-/m0/s1. The Labute approximate surface area is 140 Å². The van der Waals surface area contributed by atoms with E-state index in [0.29, 0.717) is 6.54 Å². The maximum Gasteiger partial charge on any atom is 0.254 e. The van der Waals surface area contributed by atoms with Crippen LogP contribution in [0, 0.1) is 6.92 Å². The van der Waals surface area contributed by atoms with Gasteiger partial charge in [-0.05, 0) is 25.3 Å². The van der Waals surface area contributed by atoms with E-state index in [2.05, 4.69) is 10.3 Å². The molecule has 1 saturated carbocycles. The van der Waals surface area contributed by atoms with E-state index in [1.54, 1.807) is 11.3 Å². The van der Waals surface area contributed by atoms with Gasteiger partial charge in [0.25, 0.3) is 5.91 Å². The molecule has 5 heteroatoms. The van der Waals surface area contributed by atoms with E-state index >= 15 is 0 Å². The molecule has 0 saturated heterocycles. The normalized spacial score (nSPS) is 16.4. The van der Waals surface area contributed by atoms with E-state index in [-0.39, 0.29) is 12.0 Å². The molecular weight excluding hydrogens is 308 g/mol. The van der Waals surface area contributed by atoms with Crippen LogP contribution < -0.4 is 5.32 Å². The van der Waals surface area contributed by atoms with Gasteiger partial charge in [-0.3, -0.25) is 4.79 Å². The first kappa shape index (κ1) is 16.1. The number of amides is 1. The zero-order chi connectivity index (χ0) is 16.1. The quantitative estimate of drug-likeness (QED) is 0.877. The topological polar surface area (TPSA) is 51.2 Å². The lowest BCUT2D eigenvalue weighted by atomic mass is 10.1. The smallest absolute Gasteiger partial charge is 0.254 e. The minimum absolute atomic E-state index is 0.0871. The first-order chi connectivity index (χ1) is 11.2. The minimum Gasteiger partial charge on any atom is -0.360 e. The van der Waals surface area contributed by atoms with Gasteiger partial charge >= 0.3 is 0 Å². The van der Waals surface area contributed by atoms with Crippen LogP contribution in [0.25, 0.3) is 0 Å². The van der Waals surface area contributed by atoms with Crippen molar-refractivity contribution >= 4 is 17.2 Å². The molecule has 0 radical (unpaired) electrons. The van der Waals surface area contributed by atoms with Crippen LogP contribution in [-0.2, 0) is 16.1 Å². The Hall–Kier alpha value is -1.72. The highest BCUT2D eigenvalue weighted by Gasteiger charge is 2.27. The van der Waals surface area contributed by atoms with Gasteiger partial charge in [-0.2, -0.15) is 0 Å². The zero-order valence-electron chi connectivity index (χ0n) is 13.3. The number of carbonyl (C=O) groups is 1. The summed E-state index contributed by atoms with van der Waals surface area (Å²) in [4.78, 5) is 17.0. The molecule has 23 heavy (non-hydrogen) atoms. The summed E-state index contributed by atoms with van der Waals surface area (Å²) in [7, 11) is 0. The number of benzene rings is 1. The van der Waals surface area contributed by atoms with Crippen LogP contribution in [0.15, 0.2) is 35.7 Å². The monoisotopic (exact) mass is 330 g/mol. The lowest BCUT2D eigenvalue weighted by Gasteiger charge is -2.21. The second-order valence-corrected chi connectivity index (χ2v) is 6.88. The number of aryl methyl sites for hydroxylation is 1. The van der Waals surface area contributed by atoms with Crippen LogP contribution in [0.5, 0.6) is 0 Å². The van der Waals surface area contributed by atoms with Crippen LogP contribution in [0.3, 0.4) is 0 Å². The number of rotatable bonds is 6. The van der Waals surface area contributed by atoms with E-state index < -0.39 is 6.10 Å². The molecule has 1 heterocycles. The molecule has 1 amide bonds. The van der Waals surface area contributed by atoms with Gasteiger partial charge in [-0.1, -0.05) is 43.2 Å². The van der Waals surface area contributed by atoms with Crippen molar-refractivity contribution in [2.75, 3.05) is 0 Å². The van der Waals surface area contributed by atoms with Crippen LogP contribution in [-0.4, -0.2) is 17.0 Å². The Morgan fingerprint density at radius 2 is 2.09 bits per heavy atom. The zero-order valence-corrected chi connectivity index (χ0v) is 14.1. The lowest BCUT2D eigenvalue weighted by Crippen LogP contribution is -2.32. The van der Waals surface area contributed by atoms with Gasteiger partial charge in [-0.15, -0.1) is 11.3 Å². The molecule has 1 atom stereocenters. The molecular formula is C18H22N2O2S. The van der Waals surface area contributed by atoms with Gasteiger partial charge in [0.2, 0.25) is 0 Å². The van der Waals surface area contributed by atoms with Crippen LogP contribution in [0.1, 0.15) is 48.1 Å². The summed E-state index contributed by atoms with van der Waals surface area (Å²) in [6, 6.07) is 9.74. The number of nitrogens with zero attached hydrogens (tertiary/aromatic N) is 1. The third kappa shape index (κ3) is 4.39. The SMILES string of the molecule is Cc1csc(CNC(=O)[C@@H](OC2CCCC2)c2ccccc2)n1. The van der Waals surface area contributed by atoms with Gasteiger partial charge in [-0.25, -0.2) is 4.98 Å². The van der Waals surface area contributed by atoms with Crippen molar-refractivity contribution in [2.24, 2.45) is 0 Å². The second-order valence-electron chi connectivity index (χ2n) is 5.93. The highest BCUT2D eigenvalue weighted by Crippen LogP contribution is 2.28. The molecule has 1 aliphatic carbocycles. The van der Waals surface area contributed by atoms with Crippen molar-refractivity contribution in [3.8, 4) is 0 Å². The Kier molecular flexibility index (Phi) is 5.41. The Balaban J connectivity index is 1.67. The minimum atomic E-state index is -0.541. The van der Waals surface area contributed by atoms with E-state index in [9.17, 15) is 4.79 Å². The number of carbonyl (C=O) groups excluding carboxylic acids is 1. The Morgan fingerprint density at radius 3 is 2.74 bits per heavy atom. The summed E-state index contributed by atoms with van der Waals surface area (Å²) >= 11 is 1.57. The predicted octanol–water partition coefficient (Wildman–Crippen LogP) is 3.77. The molecule has 122 valence electrons. The highest BCUT2D eigenvalue weighted by molar-refractivity contribution is 7.09. The maximum absolute atomic E-state index is 12.7. The third-order valence-corrected chi connectivity index (χ3v) is 5.02. The van der Waals surface area contributed by atoms with Gasteiger partial charge < -0.3 is 10.1 Å². The molecule has 0 bridgehead atoms. The summed E-state index contributed by atoms with van der Waals surface area (Å²) in [5.41, 5.74) is 1.90. The predicted molar refractivity (Wildman–Crippen MR) is 91.2 cm³/mol. The first-order valence-electron chi connectivity index (χ1n) is 8.11. The average Bonchev–Trinajstić information content (AvgIpc) is 3.23. The van der Waals surface area contributed by atoms with E-state index in [0.717, 1.165) is 29.1 Å². The Morgan fingerprint density at radius 1 is 1.35 bits per heavy atom. The summed E-state index contributed by atoms with van der Waals surface area (Å²) in [6.45, 7) is 2.41. The van der Waals surface area contributed by atoms with Crippen LogP contribution in [0.4, 0.5) is 0 Å². The molecule has 1 N–H and O–H groups in total. The van der Waals surface area contributed by atoms with Crippen molar-refractivity contribution in [1.82, 2.24) is 10.3 Å². The maximum atomic E-state index is 12.7. The van der Waals surface area contributed by atoms with Gasteiger partial charge in [0, 0.05) is 11.1 Å². The van der Waals surface area contributed by atoms with Crippen molar-refractivity contribution in [1.29, 1.82) is 0 Å². The summed E-state index contributed by atoms with van der Waals surface area (Å²) < 4.78 is 6.12. The van der Waals surface area contributed by atoms with Crippen molar-refractivity contribution < 1.29 is 9.53 Å². The molecule has 0 aliphatic heterocycles. The summed E-state index contributed by atoms with van der Waals surface area (Å²) in [5.74, 6) is -0.0871. The molecule has 1 fully saturated rings. The largest absolute Gasteiger partial charge is 0.360 e. The summed E-state index contributed by atoms with van der Waals surface area (Å²) in [6.07, 6.45) is 4.11. The van der Waals surface area contributed by atoms with Crippen molar-refractivity contribution in [3.63, 3.8) is 0 Å². The molecule has 1 aliphatic rings. The second kappa shape index (κ2) is 7.70. The van der Waals surface area contributed by atoms with E-state index in [1.807, 2.05) is 42.6 Å². The molecule has 1 aromatic heterocycles. The fourth-order valence-electron chi connectivity index (χ4n) is 2.88. The fourth-order valence-corrected chi connectivity index (χ4v) is 3.59. The number of thiazole rings is 1.